The van der Waals surface area contributed by atoms with E-state index in [1.807, 2.05) is 51.7 Å². The molecule has 2 aromatic rings. The Labute approximate surface area is 194 Å². The van der Waals surface area contributed by atoms with Crippen LogP contribution in [-0.2, 0) is 11.3 Å². The lowest BCUT2D eigenvalue weighted by Crippen LogP contribution is -2.32. The predicted octanol–water partition coefficient (Wildman–Crippen LogP) is 6.83. The normalized spacial score (nSPS) is 12.3. The van der Waals surface area contributed by atoms with Crippen molar-refractivity contribution in [1.29, 1.82) is 0 Å². The molecule has 0 saturated heterocycles. The summed E-state index contributed by atoms with van der Waals surface area (Å²) in [6.07, 6.45) is 1.77. The van der Waals surface area contributed by atoms with Crippen molar-refractivity contribution in [1.82, 2.24) is 4.90 Å². The molecule has 0 heterocycles. The molecular weight excluding hydrogens is 398 g/mol. The van der Waals surface area contributed by atoms with Gasteiger partial charge in [-0.2, -0.15) is 0 Å². The topological polar surface area (TPSA) is 38.8 Å². The average molecular weight is 440 g/mol. The molecule has 0 unspecified atom stereocenters. The van der Waals surface area contributed by atoms with Crippen molar-refractivity contribution in [2.45, 2.75) is 86.0 Å². The Bertz CT molecular complexity index is 810. The van der Waals surface area contributed by atoms with Crippen LogP contribution in [0.1, 0.15) is 78.4 Å². The van der Waals surface area contributed by atoms with Gasteiger partial charge in [0.25, 0.3) is 0 Å². The molecule has 0 fully saturated rings. The molecule has 0 bridgehead atoms. The van der Waals surface area contributed by atoms with Crippen LogP contribution in [0.25, 0.3) is 0 Å². The number of hydrogen-bond acceptors (Lipinski definition) is 3. The second kappa shape index (κ2) is 12.5. The molecule has 0 aliphatic rings. The Hall–Kier alpha value is -2.49. The molecule has 0 saturated carbocycles. The summed E-state index contributed by atoms with van der Waals surface area (Å²) in [5.74, 6) is 2.83. The monoisotopic (exact) mass is 439 g/mol. The first-order valence-corrected chi connectivity index (χ1v) is 12.0. The van der Waals surface area contributed by atoms with Gasteiger partial charge in [0.15, 0.2) is 0 Å². The minimum atomic E-state index is 0.151. The van der Waals surface area contributed by atoms with Crippen LogP contribution in [0.15, 0.2) is 48.5 Å². The van der Waals surface area contributed by atoms with Crippen LogP contribution in [0.3, 0.4) is 0 Å². The van der Waals surface area contributed by atoms with E-state index in [0.717, 1.165) is 30.0 Å². The lowest BCUT2D eigenvalue weighted by Gasteiger charge is -2.28. The highest BCUT2D eigenvalue weighted by Gasteiger charge is 2.20. The van der Waals surface area contributed by atoms with Crippen molar-refractivity contribution in [2.75, 3.05) is 6.54 Å². The molecule has 0 radical (unpaired) electrons. The van der Waals surface area contributed by atoms with Gasteiger partial charge in [-0.15, -0.1) is 0 Å². The number of ether oxygens (including phenoxy) is 2. The largest absolute Gasteiger partial charge is 0.491 e. The van der Waals surface area contributed by atoms with Gasteiger partial charge in [-0.05, 0) is 81.3 Å². The lowest BCUT2D eigenvalue weighted by molar-refractivity contribution is -0.131. The summed E-state index contributed by atoms with van der Waals surface area (Å²) in [4.78, 5) is 14.7. The first-order valence-electron chi connectivity index (χ1n) is 12.0. The van der Waals surface area contributed by atoms with Crippen LogP contribution >= 0.6 is 0 Å². The third-order valence-electron chi connectivity index (χ3n) is 5.52. The Morgan fingerprint density at radius 1 is 0.812 bits per heavy atom. The second-order valence-electron chi connectivity index (χ2n) is 9.35. The predicted molar refractivity (Wildman–Crippen MR) is 132 cm³/mol. The zero-order valence-corrected chi connectivity index (χ0v) is 20.9. The van der Waals surface area contributed by atoms with Crippen molar-refractivity contribution in [2.24, 2.45) is 5.92 Å². The van der Waals surface area contributed by atoms with E-state index in [2.05, 4.69) is 50.2 Å². The number of carbonyl (C=O) groups excluding carboxylic acids is 1. The minimum Gasteiger partial charge on any atom is -0.491 e. The molecule has 0 aliphatic heterocycles. The van der Waals surface area contributed by atoms with E-state index in [1.54, 1.807) is 0 Å². The van der Waals surface area contributed by atoms with Crippen LogP contribution in [0.2, 0.25) is 0 Å². The molecule has 2 rings (SSSR count). The Morgan fingerprint density at radius 2 is 1.31 bits per heavy atom. The van der Waals surface area contributed by atoms with E-state index >= 15 is 0 Å². The molecule has 4 heteroatoms. The van der Waals surface area contributed by atoms with Crippen molar-refractivity contribution in [3.63, 3.8) is 0 Å². The molecule has 1 atom stereocenters. The highest BCUT2D eigenvalue weighted by atomic mass is 16.5. The summed E-state index contributed by atoms with van der Waals surface area (Å²) >= 11 is 0. The summed E-state index contributed by atoms with van der Waals surface area (Å²) in [5, 5.41) is 0. The smallest absolute Gasteiger partial charge is 0.222 e. The van der Waals surface area contributed by atoms with Gasteiger partial charge in [-0.1, -0.05) is 45.0 Å². The molecular formula is C28H41NO3. The Balaban J connectivity index is 2.07. The van der Waals surface area contributed by atoms with Crippen LogP contribution in [0, 0.1) is 5.92 Å². The first-order chi connectivity index (χ1) is 15.2. The molecule has 176 valence electrons. The molecule has 4 nitrogen and oxygen atoms in total. The fraction of sp³-hybridized carbons (Fsp3) is 0.536. The molecule has 0 N–H and O–H groups in total. The average Bonchev–Trinajstić information content (AvgIpc) is 2.73. The number of carbonyl (C=O) groups is 1. The van der Waals surface area contributed by atoms with Crippen LogP contribution in [-0.4, -0.2) is 29.6 Å². The van der Waals surface area contributed by atoms with Gasteiger partial charge in [0.05, 0.1) is 12.2 Å². The SMILES string of the molecule is CCC(=O)N(CC[C@@H](c1ccc(OC(C)C)cc1)C(C)C)Cc1ccc(OC(C)C)cc1. The zero-order valence-electron chi connectivity index (χ0n) is 20.9. The van der Waals surface area contributed by atoms with Gasteiger partial charge in [-0.25, -0.2) is 0 Å². The van der Waals surface area contributed by atoms with E-state index in [0.29, 0.717) is 24.8 Å². The van der Waals surface area contributed by atoms with E-state index in [4.69, 9.17) is 9.47 Å². The van der Waals surface area contributed by atoms with Crippen molar-refractivity contribution < 1.29 is 14.3 Å². The zero-order chi connectivity index (χ0) is 23.7. The van der Waals surface area contributed by atoms with Crippen LogP contribution in [0.4, 0.5) is 0 Å². The fourth-order valence-electron chi connectivity index (χ4n) is 3.93. The Morgan fingerprint density at radius 3 is 1.75 bits per heavy atom. The molecule has 2 aromatic carbocycles. The number of rotatable bonds is 12. The van der Waals surface area contributed by atoms with E-state index in [1.165, 1.54) is 5.56 Å². The summed E-state index contributed by atoms with van der Waals surface area (Å²) in [5.41, 5.74) is 2.43. The van der Waals surface area contributed by atoms with E-state index in [9.17, 15) is 4.79 Å². The Kier molecular flexibility index (Phi) is 10.1. The highest BCUT2D eigenvalue weighted by Crippen LogP contribution is 2.30. The van der Waals surface area contributed by atoms with Gasteiger partial charge in [0, 0.05) is 19.5 Å². The van der Waals surface area contributed by atoms with Gasteiger partial charge < -0.3 is 14.4 Å². The van der Waals surface area contributed by atoms with Gasteiger partial charge in [0.1, 0.15) is 11.5 Å². The number of hydrogen-bond donors (Lipinski definition) is 0. The van der Waals surface area contributed by atoms with E-state index in [-0.39, 0.29) is 18.1 Å². The summed E-state index contributed by atoms with van der Waals surface area (Å²) in [7, 11) is 0. The first kappa shape index (κ1) is 25.8. The number of nitrogens with zero attached hydrogens (tertiary/aromatic N) is 1. The quantitative estimate of drug-likeness (QED) is 0.364. The summed E-state index contributed by atoms with van der Waals surface area (Å²) < 4.78 is 11.5. The van der Waals surface area contributed by atoms with E-state index < -0.39 is 0 Å². The third-order valence-corrected chi connectivity index (χ3v) is 5.52. The van der Waals surface area contributed by atoms with Gasteiger partial charge >= 0.3 is 0 Å². The molecule has 1 amide bonds. The summed E-state index contributed by atoms with van der Waals surface area (Å²) in [6.45, 7) is 15.9. The third kappa shape index (κ3) is 8.22. The lowest BCUT2D eigenvalue weighted by atomic mass is 9.85. The maximum absolute atomic E-state index is 12.7. The van der Waals surface area contributed by atoms with Crippen LogP contribution in [0.5, 0.6) is 11.5 Å². The van der Waals surface area contributed by atoms with Gasteiger partial charge in [-0.3, -0.25) is 4.79 Å². The molecule has 32 heavy (non-hydrogen) atoms. The van der Waals surface area contributed by atoms with Crippen molar-refractivity contribution in [3.8, 4) is 11.5 Å². The maximum atomic E-state index is 12.7. The number of amides is 1. The van der Waals surface area contributed by atoms with Crippen LogP contribution < -0.4 is 9.47 Å². The summed E-state index contributed by atoms with van der Waals surface area (Å²) in [6, 6.07) is 16.5. The van der Waals surface area contributed by atoms with Crippen molar-refractivity contribution in [3.05, 3.63) is 59.7 Å². The van der Waals surface area contributed by atoms with Gasteiger partial charge in [0.2, 0.25) is 5.91 Å². The molecule has 0 spiro atoms. The standard InChI is InChI=1S/C28H41NO3/c1-8-28(30)29(19-23-9-13-25(14-10-23)31-21(4)5)18-17-27(20(2)3)24-11-15-26(16-12-24)32-22(6)7/h9-16,20-22,27H,8,17-19H2,1-7H3/t27-/m1/s1. The second-order valence-corrected chi connectivity index (χ2v) is 9.35. The molecule has 0 aliphatic carbocycles. The minimum absolute atomic E-state index is 0.151. The fourth-order valence-corrected chi connectivity index (χ4v) is 3.93. The van der Waals surface area contributed by atoms with Crippen molar-refractivity contribution >= 4 is 5.91 Å². The number of benzene rings is 2. The maximum Gasteiger partial charge on any atom is 0.222 e. The highest BCUT2D eigenvalue weighted by molar-refractivity contribution is 5.75. The molecule has 0 aromatic heterocycles.